The zero-order chi connectivity index (χ0) is 13.5. The van der Waals surface area contributed by atoms with Crippen LogP contribution in [0.3, 0.4) is 0 Å². The molecule has 2 aliphatic rings. The molecule has 0 saturated carbocycles. The number of carbonyl (C=O) groups excluding carboxylic acids is 1. The molecule has 2 aliphatic heterocycles. The molecule has 2 heterocycles. The number of hydrogen-bond acceptors (Lipinski definition) is 3. The van der Waals surface area contributed by atoms with Gasteiger partial charge in [0.2, 0.25) is 0 Å². The summed E-state index contributed by atoms with van der Waals surface area (Å²) in [7, 11) is 0. The standard InChI is InChI=1S/C15H22O3/c1-9(2)11-8-14-15(4,17)6-5-13(18-14)10(3)7-12(11)16/h7,13-14,17H,5-6,8H2,1-4H3/b10-7-/t13-,14-,15+/m1/s1. The van der Waals surface area contributed by atoms with Crippen LogP contribution >= 0.6 is 0 Å². The van der Waals surface area contributed by atoms with E-state index in [0.29, 0.717) is 6.42 Å². The Morgan fingerprint density at radius 1 is 1.50 bits per heavy atom. The van der Waals surface area contributed by atoms with Gasteiger partial charge in [0.15, 0.2) is 5.78 Å². The summed E-state index contributed by atoms with van der Waals surface area (Å²) in [6, 6.07) is 0. The smallest absolute Gasteiger partial charge is 0.181 e. The van der Waals surface area contributed by atoms with Gasteiger partial charge in [-0.2, -0.15) is 0 Å². The third-order valence-electron chi connectivity index (χ3n) is 4.09. The van der Waals surface area contributed by atoms with Crippen LogP contribution in [0.2, 0.25) is 0 Å². The van der Waals surface area contributed by atoms with Crippen molar-refractivity contribution in [1.82, 2.24) is 0 Å². The summed E-state index contributed by atoms with van der Waals surface area (Å²) >= 11 is 0. The van der Waals surface area contributed by atoms with Crippen LogP contribution in [0, 0.1) is 0 Å². The quantitative estimate of drug-likeness (QED) is 0.672. The predicted molar refractivity (Wildman–Crippen MR) is 70.3 cm³/mol. The number of carbonyl (C=O) groups is 1. The minimum absolute atomic E-state index is 0.0158. The molecule has 0 spiro atoms. The van der Waals surface area contributed by atoms with Crippen molar-refractivity contribution in [3.05, 3.63) is 22.8 Å². The van der Waals surface area contributed by atoms with Crippen molar-refractivity contribution >= 4 is 5.78 Å². The van der Waals surface area contributed by atoms with Crippen LogP contribution < -0.4 is 0 Å². The molecule has 0 aromatic rings. The van der Waals surface area contributed by atoms with E-state index in [2.05, 4.69) is 0 Å². The van der Waals surface area contributed by atoms with Crippen LogP contribution in [0.4, 0.5) is 0 Å². The Balaban J connectivity index is 2.43. The van der Waals surface area contributed by atoms with Crippen LogP contribution in [0.1, 0.15) is 47.0 Å². The second-order valence-electron chi connectivity index (χ2n) is 5.94. The molecule has 0 aliphatic carbocycles. The van der Waals surface area contributed by atoms with Crippen molar-refractivity contribution in [2.75, 3.05) is 0 Å². The summed E-state index contributed by atoms with van der Waals surface area (Å²) in [6.45, 7) is 7.62. The van der Waals surface area contributed by atoms with E-state index in [9.17, 15) is 9.90 Å². The molecular weight excluding hydrogens is 228 g/mol. The van der Waals surface area contributed by atoms with Gasteiger partial charge < -0.3 is 9.84 Å². The molecule has 2 bridgehead atoms. The normalized spacial score (nSPS) is 39.7. The summed E-state index contributed by atoms with van der Waals surface area (Å²) in [5.41, 5.74) is 1.92. The SMILES string of the molecule is CC(C)=C1C[C@H]2O[C@H](CC[C@]2(C)O)/C(C)=C\C1=O. The van der Waals surface area contributed by atoms with E-state index in [-0.39, 0.29) is 18.0 Å². The molecule has 2 rings (SSSR count). The maximum atomic E-state index is 12.2. The van der Waals surface area contributed by atoms with E-state index >= 15 is 0 Å². The highest BCUT2D eigenvalue weighted by molar-refractivity contribution is 6.05. The van der Waals surface area contributed by atoms with E-state index in [1.165, 1.54) is 0 Å². The number of allylic oxidation sites excluding steroid dienone is 2. The average molecular weight is 250 g/mol. The summed E-state index contributed by atoms with van der Waals surface area (Å²) in [5.74, 6) is 0.0727. The molecule has 100 valence electrons. The largest absolute Gasteiger partial charge is 0.387 e. The van der Waals surface area contributed by atoms with Gasteiger partial charge in [-0.25, -0.2) is 0 Å². The summed E-state index contributed by atoms with van der Waals surface area (Å²) in [6.07, 6.45) is 3.41. The highest BCUT2D eigenvalue weighted by Gasteiger charge is 2.41. The fourth-order valence-electron chi connectivity index (χ4n) is 2.72. The van der Waals surface area contributed by atoms with E-state index in [4.69, 9.17) is 4.74 Å². The summed E-state index contributed by atoms with van der Waals surface area (Å²) in [4.78, 5) is 12.2. The number of aliphatic hydroxyl groups is 1. The molecule has 3 nitrogen and oxygen atoms in total. The minimum Gasteiger partial charge on any atom is -0.387 e. The Morgan fingerprint density at radius 3 is 2.78 bits per heavy atom. The van der Waals surface area contributed by atoms with Crippen molar-refractivity contribution in [3.63, 3.8) is 0 Å². The lowest BCUT2D eigenvalue weighted by Gasteiger charge is -2.42. The molecule has 1 saturated heterocycles. The van der Waals surface area contributed by atoms with Crippen molar-refractivity contribution in [1.29, 1.82) is 0 Å². The van der Waals surface area contributed by atoms with Gasteiger partial charge in [0.1, 0.15) is 0 Å². The lowest BCUT2D eigenvalue weighted by Crippen LogP contribution is -2.49. The van der Waals surface area contributed by atoms with Crippen molar-refractivity contribution in [3.8, 4) is 0 Å². The molecule has 1 N–H and O–H groups in total. The number of ether oxygens (including phenoxy) is 1. The molecule has 3 heteroatoms. The molecule has 0 unspecified atom stereocenters. The fraction of sp³-hybridized carbons (Fsp3) is 0.667. The molecule has 1 fully saturated rings. The van der Waals surface area contributed by atoms with E-state index < -0.39 is 5.60 Å². The van der Waals surface area contributed by atoms with Gasteiger partial charge in [-0.05, 0) is 52.2 Å². The first kappa shape index (κ1) is 13.5. The van der Waals surface area contributed by atoms with E-state index in [0.717, 1.165) is 29.6 Å². The highest BCUT2D eigenvalue weighted by Crippen LogP contribution is 2.37. The Labute approximate surface area is 109 Å². The maximum Gasteiger partial charge on any atom is 0.181 e. The van der Waals surface area contributed by atoms with Crippen molar-refractivity contribution in [2.45, 2.75) is 64.8 Å². The third-order valence-corrected chi connectivity index (χ3v) is 4.09. The molecule has 0 radical (unpaired) electrons. The van der Waals surface area contributed by atoms with Crippen molar-refractivity contribution < 1.29 is 14.6 Å². The van der Waals surface area contributed by atoms with Crippen LogP contribution in [0.25, 0.3) is 0 Å². The summed E-state index contributed by atoms with van der Waals surface area (Å²) in [5, 5.41) is 10.4. The number of rotatable bonds is 0. The average Bonchev–Trinajstić information content (AvgIpc) is 2.24. The molecule has 3 atom stereocenters. The first-order chi connectivity index (χ1) is 8.31. The van der Waals surface area contributed by atoms with Gasteiger partial charge in [0.05, 0.1) is 17.8 Å². The minimum atomic E-state index is -0.838. The van der Waals surface area contributed by atoms with Gasteiger partial charge in [0.25, 0.3) is 0 Å². The fourth-order valence-corrected chi connectivity index (χ4v) is 2.72. The zero-order valence-corrected chi connectivity index (χ0v) is 11.6. The lowest BCUT2D eigenvalue weighted by atomic mass is 9.80. The first-order valence-corrected chi connectivity index (χ1v) is 6.58. The molecule has 0 aromatic carbocycles. The second-order valence-corrected chi connectivity index (χ2v) is 5.94. The monoisotopic (exact) mass is 250 g/mol. The van der Waals surface area contributed by atoms with Gasteiger partial charge >= 0.3 is 0 Å². The Hall–Kier alpha value is -0.930. The van der Waals surface area contributed by atoms with Crippen LogP contribution in [0.5, 0.6) is 0 Å². The number of ketones is 1. The van der Waals surface area contributed by atoms with E-state index in [1.54, 1.807) is 6.08 Å². The van der Waals surface area contributed by atoms with Crippen molar-refractivity contribution in [2.24, 2.45) is 0 Å². The van der Waals surface area contributed by atoms with Gasteiger partial charge in [-0.3, -0.25) is 4.79 Å². The second kappa shape index (κ2) is 4.63. The van der Waals surface area contributed by atoms with Crippen LogP contribution in [-0.4, -0.2) is 28.7 Å². The van der Waals surface area contributed by atoms with Gasteiger partial charge in [0, 0.05) is 12.0 Å². The molecule has 18 heavy (non-hydrogen) atoms. The zero-order valence-electron chi connectivity index (χ0n) is 11.6. The van der Waals surface area contributed by atoms with E-state index in [1.807, 2.05) is 27.7 Å². The number of hydrogen-bond donors (Lipinski definition) is 1. The highest BCUT2D eigenvalue weighted by atomic mass is 16.5. The topological polar surface area (TPSA) is 46.5 Å². The van der Waals surface area contributed by atoms with Gasteiger partial charge in [-0.1, -0.05) is 5.57 Å². The first-order valence-electron chi connectivity index (χ1n) is 6.58. The maximum absolute atomic E-state index is 12.2. The van der Waals surface area contributed by atoms with Crippen LogP contribution in [-0.2, 0) is 9.53 Å². The van der Waals surface area contributed by atoms with Gasteiger partial charge in [-0.15, -0.1) is 0 Å². The number of fused-ring (bicyclic) bond motifs is 2. The molecule has 0 aromatic heterocycles. The Bertz CT molecular complexity index is 425. The third kappa shape index (κ3) is 2.43. The van der Waals surface area contributed by atoms with Crippen LogP contribution in [0.15, 0.2) is 22.8 Å². The summed E-state index contributed by atoms with van der Waals surface area (Å²) < 4.78 is 5.98. The predicted octanol–water partition coefficient (Wildman–Crippen LogP) is 2.54. The lowest BCUT2D eigenvalue weighted by molar-refractivity contribution is -0.158. The molecular formula is C15H22O3. The Morgan fingerprint density at radius 2 is 2.17 bits per heavy atom. The molecule has 0 amide bonds. The Kier molecular flexibility index (Phi) is 3.47.